The molecule has 1 amide bonds. The van der Waals surface area contributed by atoms with Crippen LogP contribution in [0.25, 0.3) is 0 Å². The number of rotatable bonds is 3. The monoisotopic (exact) mass is 185 g/mol. The molecule has 0 fully saturated rings. The van der Waals surface area contributed by atoms with Crippen molar-refractivity contribution in [2.24, 2.45) is 10.8 Å². The Bertz CT molecular complexity index is 262. The Morgan fingerprint density at radius 3 is 2.92 bits per heavy atom. The molecule has 0 bridgehead atoms. The van der Waals surface area contributed by atoms with Crippen molar-refractivity contribution in [2.45, 2.75) is 6.42 Å². The van der Waals surface area contributed by atoms with Gasteiger partial charge in [0.05, 0.1) is 7.11 Å². The fourth-order valence-corrected chi connectivity index (χ4v) is 1.06. The van der Waals surface area contributed by atoms with Crippen LogP contribution in [0.3, 0.4) is 0 Å². The number of nitrogens with zero attached hydrogens (tertiary/aromatic N) is 2. The SMILES string of the molecule is COC(=O)C1=NN(CC(N)=O)CC1. The molecule has 0 aromatic heterocycles. The van der Waals surface area contributed by atoms with E-state index >= 15 is 0 Å². The molecule has 0 aromatic rings. The van der Waals surface area contributed by atoms with Gasteiger partial charge in [0.1, 0.15) is 12.3 Å². The molecule has 1 aliphatic heterocycles. The van der Waals surface area contributed by atoms with Crippen LogP contribution in [0.5, 0.6) is 0 Å². The van der Waals surface area contributed by atoms with Gasteiger partial charge >= 0.3 is 5.97 Å². The largest absolute Gasteiger partial charge is 0.464 e. The number of esters is 1. The number of amides is 1. The molecule has 6 heteroatoms. The summed E-state index contributed by atoms with van der Waals surface area (Å²) >= 11 is 0. The maximum Gasteiger partial charge on any atom is 0.354 e. The van der Waals surface area contributed by atoms with E-state index in [2.05, 4.69) is 9.84 Å². The van der Waals surface area contributed by atoms with Crippen molar-refractivity contribution in [3.05, 3.63) is 0 Å². The Morgan fingerprint density at radius 2 is 2.38 bits per heavy atom. The van der Waals surface area contributed by atoms with E-state index in [-0.39, 0.29) is 6.54 Å². The van der Waals surface area contributed by atoms with E-state index in [4.69, 9.17) is 5.73 Å². The molecule has 0 aliphatic carbocycles. The standard InChI is InChI=1S/C7H11N3O3/c1-13-7(12)5-2-3-10(9-5)4-6(8)11/h2-4H2,1H3,(H2,8,11). The summed E-state index contributed by atoms with van der Waals surface area (Å²) in [5.41, 5.74) is 5.30. The van der Waals surface area contributed by atoms with Gasteiger partial charge in [-0.15, -0.1) is 0 Å². The van der Waals surface area contributed by atoms with Crippen LogP contribution in [0.2, 0.25) is 0 Å². The second-order valence-corrected chi connectivity index (χ2v) is 2.64. The molecule has 13 heavy (non-hydrogen) atoms. The lowest BCUT2D eigenvalue weighted by molar-refractivity contribution is -0.132. The molecular weight excluding hydrogens is 174 g/mol. The van der Waals surface area contributed by atoms with Crippen LogP contribution in [0.4, 0.5) is 0 Å². The lowest BCUT2D eigenvalue weighted by atomic mass is 10.3. The summed E-state index contributed by atoms with van der Waals surface area (Å²) in [6.45, 7) is 0.577. The summed E-state index contributed by atoms with van der Waals surface area (Å²) in [6.07, 6.45) is 0.500. The topological polar surface area (TPSA) is 85.0 Å². The first-order valence-electron chi connectivity index (χ1n) is 3.82. The number of hydrogen-bond acceptors (Lipinski definition) is 5. The molecule has 1 aliphatic rings. The van der Waals surface area contributed by atoms with Gasteiger partial charge in [-0.2, -0.15) is 5.10 Å². The number of primary amides is 1. The molecule has 0 spiro atoms. The van der Waals surface area contributed by atoms with Crippen LogP contribution >= 0.6 is 0 Å². The number of carbonyl (C=O) groups is 2. The van der Waals surface area contributed by atoms with E-state index in [1.54, 1.807) is 0 Å². The Kier molecular flexibility index (Phi) is 2.84. The van der Waals surface area contributed by atoms with Gasteiger partial charge < -0.3 is 10.5 Å². The molecule has 72 valence electrons. The molecule has 1 rings (SSSR count). The summed E-state index contributed by atoms with van der Waals surface area (Å²) in [5, 5.41) is 5.33. The molecule has 2 N–H and O–H groups in total. The third-order valence-electron chi connectivity index (χ3n) is 1.63. The normalized spacial score (nSPS) is 15.5. The minimum Gasteiger partial charge on any atom is -0.464 e. The first-order chi connectivity index (χ1) is 6.13. The maximum absolute atomic E-state index is 10.9. The van der Waals surface area contributed by atoms with Crippen LogP contribution in [0.15, 0.2) is 5.10 Å². The van der Waals surface area contributed by atoms with E-state index < -0.39 is 11.9 Å². The second kappa shape index (κ2) is 3.88. The van der Waals surface area contributed by atoms with Crippen molar-refractivity contribution in [3.8, 4) is 0 Å². The van der Waals surface area contributed by atoms with Gasteiger partial charge in [0.25, 0.3) is 0 Å². The maximum atomic E-state index is 10.9. The van der Waals surface area contributed by atoms with E-state index in [1.807, 2.05) is 0 Å². The van der Waals surface area contributed by atoms with Crippen LogP contribution in [0.1, 0.15) is 6.42 Å². The fourth-order valence-electron chi connectivity index (χ4n) is 1.06. The van der Waals surface area contributed by atoms with Gasteiger partial charge in [-0.1, -0.05) is 0 Å². The minimum absolute atomic E-state index is 0.0422. The van der Waals surface area contributed by atoms with Crippen molar-refractivity contribution in [2.75, 3.05) is 20.2 Å². The quantitative estimate of drug-likeness (QED) is 0.554. The van der Waals surface area contributed by atoms with E-state index in [1.165, 1.54) is 12.1 Å². The van der Waals surface area contributed by atoms with E-state index in [0.29, 0.717) is 18.7 Å². The molecule has 0 unspecified atom stereocenters. The number of carbonyl (C=O) groups excluding carboxylic acids is 2. The van der Waals surface area contributed by atoms with E-state index in [0.717, 1.165) is 0 Å². The summed E-state index contributed by atoms with van der Waals surface area (Å²) in [4.78, 5) is 21.4. The summed E-state index contributed by atoms with van der Waals surface area (Å²) in [7, 11) is 1.29. The van der Waals surface area contributed by atoms with Crippen molar-refractivity contribution < 1.29 is 14.3 Å². The molecular formula is C7H11N3O3. The summed E-state index contributed by atoms with van der Waals surface area (Å²) in [5.74, 6) is -0.915. The third-order valence-corrected chi connectivity index (χ3v) is 1.63. The Labute approximate surface area is 75.3 Å². The third kappa shape index (κ3) is 2.43. The zero-order valence-corrected chi connectivity index (χ0v) is 7.32. The molecule has 0 saturated heterocycles. The molecule has 0 radical (unpaired) electrons. The number of ether oxygens (including phenoxy) is 1. The van der Waals surface area contributed by atoms with Crippen molar-refractivity contribution in [3.63, 3.8) is 0 Å². The minimum atomic E-state index is -0.463. The predicted molar refractivity (Wildman–Crippen MR) is 44.8 cm³/mol. The molecule has 0 atom stereocenters. The van der Waals surface area contributed by atoms with Crippen molar-refractivity contribution in [1.82, 2.24) is 5.01 Å². The highest BCUT2D eigenvalue weighted by atomic mass is 16.5. The number of nitrogens with two attached hydrogens (primary N) is 1. The van der Waals surface area contributed by atoms with Crippen LogP contribution in [-0.4, -0.2) is 42.8 Å². The second-order valence-electron chi connectivity index (χ2n) is 2.64. The van der Waals surface area contributed by atoms with Gasteiger partial charge in [0, 0.05) is 13.0 Å². The highest BCUT2D eigenvalue weighted by Gasteiger charge is 2.21. The zero-order chi connectivity index (χ0) is 9.84. The lowest BCUT2D eigenvalue weighted by Gasteiger charge is -2.08. The summed E-state index contributed by atoms with van der Waals surface area (Å²) in [6, 6.07) is 0. The average Bonchev–Trinajstić information content (AvgIpc) is 2.50. The number of hydrogen-bond donors (Lipinski definition) is 1. The molecule has 1 heterocycles. The van der Waals surface area contributed by atoms with Crippen molar-refractivity contribution >= 4 is 17.6 Å². The van der Waals surface area contributed by atoms with Crippen molar-refractivity contribution in [1.29, 1.82) is 0 Å². The van der Waals surface area contributed by atoms with Gasteiger partial charge in [0.15, 0.2) is 0 Å². The highest BCUT2D eigenvalue weighted by Crippen LogP contribution is 2.05. The van der Waals surface area contributed by atoms with E-state index in [9.17, 15) is 9.59 Å². The predicted octanol–water partition coefficient (Wildman–Crippen LogP) is -1.29. The number of methoxy groups -OCH3 is 1. The highest BCUT2D eigenvalue weighted by molar-refractivity contribution is 6.36. The molecule has 6 nitrogen and oxygen atoms in total. The average molecular weight is 185 g/mol. The lowest BCUT2D eigenvalue weighted by Crippen LogP contribution is -2.28. The fraction of sp³-hybridized carbons (Fsp3) is 0.571. The van der Waals surface area contributed by atoms with Gasteiger partial charge in [-0.3, -0.25) is 9.80 Å². The molecule has 0 saturated carbocycles. The molecule has 0 aromatic carbocycles. The van der Waals surface area contributed by atoms with Crippen LogP contribution in [0, 0.1) is 0 Å². The van der Waals surface area contributed by atoms with Gasteiger partial charge in [0.2, 0.25) is 5.91 Å². The Hall–Kier alpha value is -1.59. The smallest absolute Gasteiger partial charge is 0.354 e. The van der Waals surface area contributed by atoms with Crippen LogP contribution in [-0.2, 0) is 14.3 Å². The Balaban J connectivity index is 2.53. The first kappa shape index (κ1) is 9.50. The first-order valence-corrected chi connectivity index (χ1v) is 3.82. The Morgan fingerprint density at radius 1 is 1.69 bits per heavy atom. The van der Waals surface area contributed by atoms with Gasteiger partial charge in [-0.05, 0) is 0 Å². The number of hydrazone groups is 1. The summed E-state index contributed by atoms with van der Waals surface area (Å²) < 4.78 is 4.47. The van der Waals surface area contributed by atoms with Crippen LogP contribution < -0.4 is 5.73 Å². The zero-order valence-electron chi connectivity index (χ0n) is 7.32. The van der Waals surface area contributed by atoms with Gasteiger partial charge in [-0.25, -0.2) is 4.79 Å².